The summed E-state index contributed by atoms with van der Waals surface area (Å²) in [5, 5.41) is 11.1. The van der Waals surface area contributed by atoms with Crippen molar-refractivity contribution in [1.29, 1.82) is 0 Å². The zero-order chi connectivity index (χ0) is 15.4. The van der Waals surface area contributed by atoms with Crippen LogP contribution in [0, 0.1) is 0 Å². The van der Waals surface area contributed by atoms with Crippen LogP contribution in [0.4, 0.5) is 0 Å². The average Bonchev–Trinajstić information content (AvgIpc) is 2.67. The van der Waals surface area contributed by atoms with E-state index in [0.29, 0.717) is 0 Å². The maximum atomic E-state index is 11.9. The molecule has 2 heterocycles. The lowest BCUT2D eigenvalue weighted by Gasteiger charge is -2.17. The van der Waals surface area contributed by atoms with Crippen molar-refractivity contribution in [2.75, 3.05) is 0 Å². The first-order valence-electron chi connectivity index (χ1n) is 7.25. The average molecular weight is 294 g/mol. The summed E-state index contributed by atoms with van der Waals surface area (Å²) < 4.78 is 2.07. The minimum absolute atomic E-state index is 0.170. The number of hydrogen-bond donors (Lipinski definition) is 3. The van der Waals surface area contributed by atoms with Gasteiger partial charge in [-0.15, -0.1) is 10.2 Å². The number of nitrogens with one attached hydrogen (secondary N) is 1. The second kappa shape index (κ2) is 6.66. The van der Waals surface area contributed by atoms with Crippen molar-refractivity contribution >= 4 is 11.8 Å². The van der Waals surface area contributed by atoms with E-state index in [9.17, 15) is 9.59 Å². The molecule has 8 heteroatoms. The molecule has 116 valence electrons. The number of fused-ring (bicyclic) bond motifs is 1. The van der Waals surface area contributed by atoms with Gasteiger partial charge in [-0.05, 0) is 19.8 Å². The fourth-order valence-electron chi connectivity index (χ4n) is 2.52. The number of carbonyl (C=O) groups excluding carboxylic acids is 2. The molecule has 0 aromatic carbocycles. The highest BCUT2D eigenvalue weighted by molar-refractivity contribution is 5.87. The smallest absolute Gasteiger partial charge is 0.238 e. The maximum Gasteiger partial charge on any atom is 0.238 e. The summed E-state index contributed by atoms with van der Waals surface area (Å²) in [7, 11) is 0. The Balaban J connectivity index is 2.03. The molecule has 1 aromatic heterocycles. The fourth-order valence-corrected chi connectivity index (χ4v) is 2.52. The molecular formula is C13H22N6O2. The van der Waals surface area contributed by atoms with Gasteiger partial charge in [-0.3, -0.25) is 9.59 Å². The third-order valence-electron chi connectivity index (χ3n) is 3.64. The molecule has 0 bridgehead atoms. The van der Waals surface area contributed by atoms with E-state index in [0.717, 1.165) is 37.5 Å². The predicted octanol–water partition coefficient (Wildman–Crippen LogP) is -0.616. The van der Waals surface area contributed by atoms with Crippen LogP contribution in [-0.2, 0) is 22.6 Å². The molecule has 5 N–H and O–H groups in total. The molecule has 21 heavy (non-hydrogen) atoms. The van der Waals surface area contributed by atoms with Gasteiger partial charge in [0.2, 0.25) is 11.8 Å². The van der Waals surface area contributed by atoms with E-state index in [-0.39, 0.29) is 12.5 Å². The van der Waals surface area contributed by atoms with Gasteiger partial charge in [-0.25, -0.2) is 0 Å². The Morgan fingerprint density at radius 2 is 2.10 bits per heavy atom. The van der Waals surface area contributed by atoms with Gasteiger partial charge in [0, 0.05) is 13.0 Å². The van der Waals surface area contributed by atoms with Crippen molar-refractivity contribution in [3.8, 4) is 0 Å². The molecule has 1 aliphatic rings. The van der Waals surface area contributed by atoms with E-state index in [1.165, 1.54) is 6.42 Å². The van der Waals surface area contributed by atoms with E-state index >= 15 is 0 Å². The number of aryl methyl sites for hydroxylation is 1. The van der Waals surface area contributed by atoms with Crippen molar-refractivity contribution in [2.45, 2.75) is 57.7 Å². The van der Waals surface area contributed by atoms with Gasteiger partial charge in [0.15, 0.2) is 5.82 Å². The highest BCUT2D eigenvalue weighted by Gasteiger charge is 2.23. The molecule has 8 nitrogen and oxygen atoms in total. The van der Waals surface area contributed by atoms with Gasteiger partial charge in [-0.2, -0.15) is 0 Å². The van der Waals surface area contributed by atoms with Crippen LogP contribution in [0.3, 0.4) is 0 Å². The highest BCUT2D eigenvalue weighted by Crippen LogP contribution is 2.18. The number of nitrogens with two attached hydrogens (primary N) is 2. The topological polar surface area (TPSA) is 129 Å². The molecule has 0 spiro atoms. The van der Waals surface area contributed by atoms with Gasteiger partial charge >= 0.3 is 0 Å². The van der Waals surface area contributed by atoms with Crippen LogP contribution in [0.1, 0.15) is 50.3 Å². The van der Waals surface area contributed by atoms with E-state index < -0.39 is 17.9 Å². The van der Waals surface area contributed by atoms with Crippen LogP contribution in [0.5, 0.6) is 0 Å². The first-order valence-corrected chi connectivity index (χ1v) is 7.25. The molecule has 0 saturated carbocycles. The molecule has 0 aliphatic carbocycles. The molecule has 1 aliphatic heterocycles. The Kier molecular flexibility index (Phi) is 4.89. The lowest BCUT2D eigenvalue weighted by Crippen LogP contribution is -2.44. The summed E-state index contributed by atoms with van der Waals surface area (Å²) >= 11 is 0. The summed E-state index contributed by atoms with van der Waals surface area (Å²) in [5.41, 5.74) is 10.7. The predicted molar refractivity (Wildman–Crippen MR) is 75.9 cm³/mol. The van der Waals surface area contributed by atoms with Gasteiger partial charge in [0.1, 0.15) is 5.82 Å². The number of carbonyl (C=O) groups is 2. The Bertz CT molecular complexity index is 527. The third kappa shape index (κ3) is 3.78. The second-order valence-electron chi connectivity index (χ2n) is 5.44. The van der Waals surface area contributed by atoms with Crippen molar-refractivity contribution in [3.05, 3.63) is 11.6 Å². The van der Waals surface area contributed by atoms with Gasteiger partial charge in [-0.1, -0.05) is 6.42 Å². The van der Waals surface area contributed by atoms with Crippen LogP contribution in [0.2, 0.25) is 0 Å². The van der Waals surface area contributed by atoms with Crippen molar-refractivity contribution < 1.29 is 9.59 Å². The number of aromatic nitrogens is 3. The highest BCUT2D eigenvalue weighted by atomic mass is 16.2. The van der Waals surface area contributed by atoms with Crippen molar-refractivity contribution in [1.82, 2.24) is 20.1 Å². The summed E-state index contributed by atoms with van der Waals surface area (Å²) in [6.07, 6.45) is 4.11. The number of primary amides is 1. The number of nitrogens with zero attached hydrogens (tertiary/aromatic N) is 3. The van der Waals surface area contributed by atoms with Crippen LogP contribution in [-0.4, -0.2) is 32.6 Å². The van der Waals surface area contributed by atoms with Gasteiger partial charge in [0.05, 0.1) is 18.5 Å². The molecule has 2 amide bonds. The monoisotopic (exact) mass is 294 g/mol. The first kappa shape index (κ1) is 15.4. The molecule has 0 saturated heterocycles. The van der Waals surface area contributed by atoms with Crippen molar-refractivity contribution in [2.24, 2.45) is 11.5 Å². The summed E-state index contributed by atoms with van der Waals surface area (Å²) in [5.74, 6) is 0.686. The number of amides is 2. The van der Waals surface area contributed by atoms with Gasteiger partial charge in [0.25, 0.3) is 0 Å². The summed E-state index contributed by atoms with van der Waals surface area (Å²) in [6.45, 7) is 2.70. The zero-order valence-corrected chi connectivity index (χ0v) is 12.2. The molecule has 1 aromatic rings. The first-order chi connectivity index (χ1) is 9.99. The quantitative estimate of drug-likeness (QED) is 0.667. The Morgan fingerprint density at radius 3 is 2.81 bits per heavy atom. The lowest BCUT2D eigenvalue weighted by molar-refractivity contribution is -0.126. The summed E-state index contributed by atoms with van der Waals surface area (Å²) in [4.78, 5) is 22.7. The zero-order valence-electron chi connectivity index (χ0n) is 12.2. The van der Waals surface area contributed by atoms with Crippen molar-refractivity contribution in [3.63, 3.8) is 0 Å². The second-order valence-corrected chi connectivity index (χ2v) is 5.44. The third-order valence-corrected chi connectivity index (χ3v) is 3.64. The molecule has 2 atom stereocenters. The SMILES string of the molecule is CC(NC(=O)C(N)CC(N)=O)c1nnc2n1CCCCC2. The normalized spacial score (nSPS) is 17.4. The van der Waals surface area contributed by atoms with Crippen LogP contribution in [0.25, 0.3) is 0 Å². The lowest BCUT2D eigenvalue weighted by atomic mass is 10.2. The summed E-state index contributed by atoms with van der Waals surface area (Å²) in [6, 6.07) is -1.24. The van der Waals surface area contributed by atoms with E-state index in [1.54, 1.807) is 0 Å². The molecule has 0 fully saturated rings. The molecule has 2 unspecified atom stereocenters. The Labute approximate surface area is 123 Å². The number of hydrogen-bond acceptors (Lipinski definition) is 5. The maximum absolute atomic E-state index is 11.9. The number of rotatable bonds is 5. The molecule has 0 radical (unpaired) electrons. The Hall–Kier alpha value is -1.96. The molecular weight excluding hydrogens is 272 g/mol. The standard InChI is InChI=1S/C13H22N6O2/c1-8(16-13(21)9(14)7-10(15)20)12-18-17-11-5-3-2-4-6-19(11)12/h8-9H,2-7,14H2,1H3,(H2,15,20)(H,16,21). The fraction of sp³-hybridized carbons (Fsp3) is 0.692. The largest absolute Gasteiger partial charge is 0.370 e. The van der Waals surface area contributed by atoms with E-state index in [2.05, 4.69) is 20.1 Å². The molecule has 2 rings (SSSR count). The van der Waals surface area contributed by atoms with Gasteiger partial charge < -0.3 is 21.4 Å². The minimum atomic E-state index is -0.934. The van der Waals surface area contributed by atoms with Crippen LogP contribution >= 0.6 is 0 Å². The Morgan fingerprint density at radius 1 is 1.33 bits per heavy atom. The van der Waals surface area contributed by atoms with Crippen LogP contribution in [0.15, 0.2) is 0 Å². The van der Waals surface area contributed by atoms with E-state index in [4.69, 9.17) is 11.5 Å². The minimum Gasteiger partial charge on any atom is -0.370 e. The van der Waals surface area contributed by atoms with Crippen LogP contribution < -0.4 is 16.8 Å². The van der Waals surface area contributed by atoms with E-state index in [1.807, 2.05) is 6.92 Å².